The van der Waals surface area contributed by atoms with Gasteiger partial charge in [-0.25, -0.2) is 0 Å². The average molecular weight is 468 g/mol. The van der Waals surface area contributed by atoms with Crippen LogP contribution in [0.2, 0.25) is 0 Å². The van der Waals surface area contributed by atoms with Crippen molar-refractivity contribution in [3.63, 3.8) is 0 Å². The number of nitrogens with zero attached hydrogens (tertiary/aromatic N) is 2. The second-order valence-corrected chi connectivity index (χ2v) is 6.28. The number of hydrogen-bond acceptors (Lipinski definition) is 3. The lowest BCUT2D eigenvalue weighted by Gasteiger charge is -2.13. The number of benzene rings is 1. The quantitative estimate of drug-likeness (QED) is 0.353. The Balaban J connectivity index is 0.00000338. The monoisotopic (exact) mass is 468 g/mol. The molecule has 2 N–H and O–H groups in total. The molecule has 0 saturated carbocycles. The molecule has 0 saturated heterocycles. The molecule has 26 heavy (non-hydrogen) atoms. The summed E-state index contributed by atoms with van der Waals surface area (Å²) in [7, 11) is 1.78. The maximum absolute atomic E-state index is 5.77. The average Bonchev–Trinajstić information content (AvgIpc) is 2.64. The van der Waals surface area contributed by atoms with Crippen molar-refractivity contribution in [3.05, 3.63) is 59.9 Å². The molecule has 6 heteroatoms. The number of guanidine groups is 1. The highest BCUT2D eigenvalue weighted by Gasteiger charge is 2.02. The number of nitrogens with one attached hydrogen (secondary N) is 2. The molecule has 0 amide bonds. The molecule has 1 aromatic carbocycles. The Morgan fingerprint density at radius 2 is 2.00 bits per heavy atom. The fourth-order valence-electron chi connectivity index (χ4n) is 2.27. The summed E-state index contributed by atoms with van der Waals surface area (Å²) >= 11 is 0. The van der Waals surface area contributed by atoms with Crippen molar-refractivity contribution in [1.82, 2.24) is 15.6 Å². The van der Waals surface area contributed by atoms with E-state index in [-0.39, 0.29) is 24.0 Å². The molecular formula is C20H29IN4O. The number of rotatable bonds is 8. The van der Waals surface area contributed by atoms with Crippen LogP contribution in [0.4, 0.5) is 0 Å². The summed E-state index contributed by atoms with van der Waals surface area (Å²) < 4.78 is 5.77. The topological polar surface area (TPSA) is 58.5 Å². The Morgan fingerprint density at radius 3 is 2.69 bits per heavy atom. The van der Waals surface area contributed by atoms with Gasteiger partial charge in [0, 0.05) is 38.4 Å². The summed E-state index contributed by atoms with van der Waals surface area (Å²) in [5.41, 5.74) is 2.23. The van der Waals surface area contributed by atoms with Gasteiger partial charge in [-0.15, -0.1) is 24.0 Å². The molecule has 2 rings (SSSR count). The third-order valence-electron chi connectivity index (χ3n) is 3.57. The highest BCUT2D eigenvalue weighted by atomic mass is 127. The molecule has 0 unspecified atom stereocenters. The van der Waals surface area contributed by atoms with Gasteiger partial charge in [0.1, 0.15) is 5.75 Å². The van der Waals surface area contributed by atoms with Crippen molar-refractivity contribution in [3.8, 4) is 5.75 Å². The van der Waals surface area contributed by atoms with Gasteiger partial charge in [0.15, 0.2) is 5.96 Å². The molecule has 0 atom stereocenters. The van der Waals surface area contributed by atoms with Crippen LogP contribution in [-0.4, -0.2) is 31.1 Å². The van der Waals surface area contributed by atoms with Crippen LogP contribution < -0.4 is 15.4 Å². The summed E-state index contributed by atoms with van der Waals surface area (Å²) in [4.78, 5) is 8.58. The Hall–Kier alpha value is -1.83. The summed E-state index contributed by atoms with van der Waals surface area (Å²) in [5.74, 6) is 2.21. The first kappa shape index (κ1) is 22.2. The van der Waals surface area contributed by atoms with Crippen molar-refractivity contribution in [2.24, 2.45) is 10.9 Å². The molecule has 1 heterocycles. The summed E-state index contributed by atoms with van der Waals surface area (Å²) in [6, 6.07) is 14.1. The highest BCUT2D eigenvalue weighted by Crippen LogP contribution is 2.14. The van der Waals surface area contributed by atoms with E-state index in [2.05, 4.69) is 46.6 Å². The van der Waals surface area contributed by atoms with Crippen LogP contribution >= 0.6 is 24.0 Å². The van der Waals surface area contributed by atoms with Gasteiger partial charge in [-0.2, -0.15) is 0 Å². The van der Waals surface area contributed by atoms with E-state index in [1.807, 2.05) is 36.5 Å². The molecule has 0 radical (unpaired) electrons. The van der Waals surface area contributed by atoms with Gasteiger partial charge in [0.25, 0.3) is 0 Å². The Morgan fingerprint density at radius 1 is 1.15 bits per heavy atom. The van der Waals surface area contributed by atoms with Crippen LogP contribution in [-0.2, 0) is 13.0 Å². The Labute approximate surface area is 173 Å². The van der Waals surface area contributed by atoms with Gasteiger partial charge in [-0.1, -0.05) is 32.0 Å². The lowest BCUT2D eigenvalue weighted by molar-refractivity contribution is 0.271. The van der Waals surface area contributed by atoms with E-state index in [4.69, 9.17) is 4.74 Å². The molecule has 0 spiro atoms. The van der Waals surface area contributed by atoms with Crippen LogP contribution in [0.5, 0.6) is 5.75 Å². The predicted octanol–water partition coefficient (Wildman–Crippen LogP) is 3.64. The van der Waals surface area contributed by atoms with Gasteiger partial charge >= 0.3 is 0 Å². The van der Waals surface area contributed by atoms with Gasteiger partial charge in [0.2, 0.25) is 0 Å². The van der Waals surface area contributed by atoms with Gasteiger partial charge in [-0.05, 0) is 35.7 Å². The van der Waals surface area contributed by atoms with Crippen LogP contribution in [0.25, 0.3) is 0 Å². The zero-order chi connectivity index (χ0) is 17.9. The second kappa shape index (κ2) is 12.5. The van der Waals surface area contributed by atoms with Crippen LogP contribution in [0.3, 0.4) is 0 Å². The third-order valence-corrected chi connectivity index (χ3v) is 3.57. The highest BCUT2D eigenvalue weighted by molar-refractivity contribution is 14.0. The molecule has 0 fully saturated rings. The zero-order valence-electron chi connectivity index (χ0n) is 15.7. The van der Waals surface area contributed by atoms with Crippen molar-refractivity contribution >= 4 is 29.9 Å². The minimum absolute atomic E-state index is 0. The van der Waals surface area contributed by atoms with Crippen LogP contribution in [0.1, 0.15) is 25.1 Å². The first-order chi connectivity index (χ1) is 12.2. The normalized spacial score (nSPS) is 11.0. The van der Waals surface area contributed by atoms with E-state index in [1.54, 1.807) is 7.05 Å². The number of halogens is 1. The van der Waals surface area contributed by atoms with Gasteiger partial charge in [0.05, 0.1) is 6.61 Å². The fraction of sp³-hybridized carbons (Fsp3) is 0.400. The molecule has 0 aliphatic rings. The molecule has 142 valence electrons. The van der Waals surface area contributed by atoms with E-state index in [0.29, 0.717) is 12.5 Å². The van der Waals surface area contributed by atoms with E-state index < -0.39 is 0 Å². The molecule has 1 aromatic heterocycles. The molecule has 0 bridgehead atoms. The first-order valence-corrected chi connectivity index (χ1v) is 8.73. The zero-order valence-corrected chi connectivity index (χ0v) is 18.1. The van der Waals surface area contributed by atoms with E-state index in [1.165, 1.54) is 0 Å². The summed E-state index contributed by atoms with van der Waals surface area (Å²) in [5, 5.41) is 6.64. The minimum Gasteiger partial charge on any atom is -0.493 e. The number of pyridine rings is 1. The molecule has 2 aromatic rings. The van der Waals surface area contributed by atoms with Crippen molar-refractivity contribution in [2.75, 3.05) is 20.2 Å². The fourth-order valence-corrected chi connectivity index (χ4v) is 2.27. The molecule has 0 aliphatic carbocycles. The van der Waals surface area contributed by atoms with E-state index in [9.17, 15) is 0 Å². The number of hydrogen-bond donors (Lipinski definition) is 2. The smallest absolute Gasteiger partial charge is 0.191 e. The van der Waals surface area contributed by atoms with Crippen molar-refractivity contribution in [1.29, 1.82) is 0 Å². The van der Waals surface area contributed by atoms with E-state index in [0.717, 1.165) is 42.5 Å². The van der Waals surface area contributed by atoms with Crippen molar-refractivity contribution < 1.29 is 4.74 Å². The van der Waals surface area contributed by atoms with Crippen LogP contribution in [0.15, 0.2) is 53.7 Å². The first-order valence-electron chi connectivity index (χ1n) is 8.73. The lowest BCUT2D eigenvalue weighted by Crippen LogP contribution is -2.37. The maximum Gasteiger partial charge on any atom is 0.191 e. The standard InChI is InChI=1S/C20H28N4O.HI/c1-16(2)15-25-19-9-6-7-17(13-19)14-24-20(21-3)23-12-10-18-8-4-5-11-22-18;/h4-9,11,13,16H,10,12,14-15H2,1-3H3,(H2,21,23,24);1H. The maximum atomic E-state index is 5.77. The largest absolute Gasteiger partial charge is 0.493 e. The molecular weight excluding hydrogens is 439 g/mol. The lowest BCUT2D eigenvalue weighted by atomic mass is 10.2. The number of aliphatic imine (C=N–C) groups is 1. The Bertz CT molecular complexity index is 662. The summed E-state index contributed by atoms with van der Waals surface area (Å²) in [6.45, 7) is 6.50. The number of aromatic nitrogens is 1. The van der Waals surface area contributed by atoms with E-state index >= 15 is 0 Å². The second-order valence-electron chi connectivity index (χ2n) is 6.28. The SMILES string of the molecule is CN=C(NCCc1ccccn1)NCc1cccc(OCC(C)C)c1.I. The molecule has 0 aliphatic heterocycles. The predicted molar refractivity (Wildman–Crippen MR) is 118 cm³/mol. The van der Waals surface area contributed by atoms with Crippen LogP contribution in [0, 0.1) is 5.92 Å². The van der Waals surface area contributed by atoms with Gasteiger partial charge < -0.3 is 15.4 Å². The summed E-state index contributed by atoms with van der Waals surface area (Å²) in [6.07, 6.45) is 2.68. The van der Waals surface area contributed by atoms with Crippen molar-refractivity contribution in [2.45, 2.75) is 26.8 Å². The number of ether oxygens (including phenoxy) is 1. The van der Waals surface area contributed by atoms with Gasteiger partial charge in [-0.3, -0.25) is 9.98 Å². The molecule has 5 nitrogen and oxygen atoms in total. The third kappa shape index (κ3) is 8.51. The minimum atomic E-state index is 0. The Kier molecular flexibility index (Phi) is 10.7.